The smallest absolute Gasteiger partial charge is 0.288 e. The van der Waals surface area contributed by atoms with E-state index in [0.29, 0.717) is 5.88 Å². The van der Waals surface area contributed by atoms with Crippen LogP contribution in [0.5, 0.6) is 5.88 Å². The highest BCUT2D eigenvalue weighted by Crippen LogP contribution is 2.25. The van der Waals surface area contributed by atoms with Crippen molar-refractivity contribution in [1.82, 2.24) is 15.5 Å². The molecular weight excluding hydrogens is 384 g/mol. The van der Waals surface area contributed by atoms with Gasteiger partial charge in [-0.2, -0.15) is 0 Å². The molecular formula is C19H15ClN4O4. The van der Waals surface area contributed by atoms with Crippen LogP contribution in [-0.2, 0) is 0 Å². The Kier molecular flexibility index (Phi) is 6.13. The van der Waals surface area contributed by atoms with Crippen molar-refractivity contribution in [2.45, 2.75) is 0 Å². The molecule has 0 saturated carbocycles. The molecule has 9 heteroatoms. The number of benzene rings is 2. The Hall–Kier alpha value is -3.52. The normalized spacial score (nSPS) is 10.3. The van der Waals surface area contributed by atoms with E-state index >= 15 is 0 Å². The third-order valence-electron chi connectivity index (χ3n) is 3.75. The highest BCUT2D eigenvalue weighted by Gasteiger charge is 2.16. The van der Waals surface area contributed by atoms with Crippen molar-refractivity contribution in [2.75, 3.05) is 13.2 Å². The predicted octanol–water partition coefficient (Wildman–Crippen LogP) is 3.51. The van der Waals surface area contributed by atoms with Gasteiger partial charge in [-0.15, -0.1) is 10.2 Å². The van der Waals surface area contributed by atoms with Crippen LogP contribution in [0.25, 0.3) is 11.3 Å². The molecule has 8 nitrogen and oxygen atoms in total. The van der Waals surface area contributed by atoms with E-state index in [1.54, 1.807) is 12.1 Å². The first-order valence-electron chi connectivity index (χ1n) is 8.28. The Labute approximate surface area is 165 Å². The zero-order valence-corrected chi connectivity index (χ0v) is 15.3. The minimum atomic E-state index is -0.639. The molecule has 0 bridgehead atoms. The molecule has 3 rings (SSSR count). The molecule has 0 unspecified atom stereocenters. The van der Waals surface area contributed by atoms with Crippen LogP contribution >= 0.6 is 11.6 Å². The highest BCUT2D eigenvalue weighted by atomic mass is 35.5. The molecule has 0 atom stereocenters. The minimum absolute atomic E-state index is 0.0255. The number of hydrogen-bond donors (Lipinski definition) is 1. The SMILES string of the molecule is O=C(NCCOc1ccc(-c2ccccc2)nn1)c1ccc(Cl)c([N+](=O)[O-])c1. The van der Waals surface area contributed by atoms with Gasteiger partial charge in [-0.3, -0.25) is 14.9 Å². The number of nitrogens with zero attached hydrogens (tertiary/aromatic N) is 3. The van der Waals surface area contributed by atoms with Crippen molar-refractivity contribution in [3.63, 3.8) is 0 Å². The van der Waals surface area contributed by atoms with E-state index in [1.165, 1.54) is 12.1 Å². The third-order valence-corrected chi connectivity index (χ3v) is 4.07. The van der Waals surface area contributed by atoms with E-state index in [0.717, 1.165) is 17.3 Å². The fourth-order valence-electron chi connectivity index (χ4n) is 2.38. The summed E-state index contributed by atoms with van der Waals surface area (Å²) >= 11 is 5.73. The van der Waals surface area contributed by atoms with Gasteiger partial charge in [-0.25, -0.2) is 0 Å². The van der Waals surface area contributed by atoms with Crippen LogP contribution in [0.3, 0.4) is 0 Å². The van der Waals surface area contributed by atoms with Crippen molar-refractivity contribution in [3.8, 4) is 17.1 Å². The predicted molar refractivity (Wildman–Crippen MR) is 103 cm³/mol. The lowest BCUT2D eigenvalue weighted by molar-refractivity contribution is -0.384. The number of hydrogen-bond acceptors (Lipinski definition) is 6. The van der Waals surface area contributed by atoms with Gasteiger partial charge in [0.1, 0.15) is 11.6 Å². The maximum Gasteiger partial charge on any atom is 0.288 e. The fourth-order valence-corrected chi connectivity index (χ4v) is 2.56. The van der Waals surface area contributed by atoms with Crippen LogP contribution in [0.4, 0.5) is 5.69 Å². The summed E-state index contributed by atoms with van der Waals surface area (Å²) < 4.78 is 5.45. The van der Waals surface area contributed by atoms with E-state index in [2.05, 4.69) is 15.5 Å². The number of carbonyl (C=O) groups is 1. The first-order valence-corrected chi connectivity index (χ1v) is 8.66. The van der Waals surface area contributed by atoms with E-state index in [1.807, 2.05) is 30.3 Å². The molecule has 0 saturated heterocycles. The number of nitro groups is 1. The molecule has 0 aliphatic heterocycles. The maximum absolute atomic E-state index is 12.1. The van der Waals surface area contributed by atoms with Crippen molar-refractivity contribution in [1.29, 1.82) is 0 Å². The molecule has 1 heterocycles. The summed E-state index contributed by atoms with van der Waals surface area (Å²) in [6.45, 7) is 0.359. The molecule has 0 spiro atoms. The Morgan fingerprint density at radius 1 is 1.11 bits per heavy atom. The van der Waals surface area contributed by atoms with Crippen LogP contribution in [0, 0.1) is 10.1 Å². The summed E-state index contributed by atoms with van der Waals surface area (Å²) in [6, 6.07) is 17.0. The molecule has 3 aromatic rings. The first kappa shape index (κ1) is 19.2. The number of nitro benzene ring substituents is 1. The lowest BCUT2D eigenvalue weighted by Gasteiger charge is -2.07. The minimum Gasteiger partial charge on any atom is -0.475 e. The number of nitrogens with one attached hydrogen (secondary N) is 1. The molecule has 0 aliphatic rings. The molecule has 142 valence electrons. The Morgan fingerprint density at radius 2 is 1.89 bits per heavy atom. The van der Waals surface area contributed by atoms with Crippen LogP contribution in [-0.4, -0.2) is 34.2 Å². The fraction of sp³-hybridized carbons (Fsp3) is 0.105. The topological polar surface area (TPSA) is 107 Å². The van der Waals surface area contributed by atoms with E-state index in [-0.39, 0.29) is 29.4 Å². The van der Waals surface area contributed by atoms with E-state index in [9.17, 15) is 14.9 Å². The molecule has 1 aromatic heterocycles. The van der Waals surface area contributed by atoms with Crippen LogP contribution in [0.1, 0.15) is 10.4 Å². The second-order valence-corrected chi connectivity index (χ2v) is 6.06. The van der Waals surface area contributed by atoms with Gasteiger partial charge in [0.15, 0.2) is 0 Å². The number of ether oxygens (including phenoxy) is 1. The summed E-state index contributed by atoms with van der Waals surface area (Å²) in [7, 11) is 0. The monoisotopic (exact) mass is 398 g/mol. The Morgan fingerprint density at radius 3 is 2.57 bits per heavy atom. The van der Waals surface area contributed by atoms with Gasteiger partial charge in [0.25, 0.3) is 11.6 Å². The van der Waals surface area contributed by atoms with Crippen LogP contribution in [0.2, 0.25) is 5.02 Å². The number of amides is 1. The van der Waals surface area contributed by atoms with Crippen molar-refractivity contribution < 1.29 is 14.5 Å². The van der Waals surface area contributed by atoms with Crippen molar-refractivity contribution in [3.05, 3.63) is 81.4 Å². The van der Waals surface area contributed by atoms with Gasteiger partial charge in [-0.05, 0) is 18.2 Å². The molecule has 0 aliphatic carbocycles. The Balaban J connectivity index is 1.50. The zero-order chi connectivity index (χ0) is 19.9. The van der Waals surface area contributed by atoms with Crippen molar-refractivity contribution >= 4 is 23.2 Å². The third kappa shape index (κ3) is 4.80. The zero-order valence-electron chi connectivity index (χ0n) is 14.5. The molecule has 0 fully saturated rings. The lowest BCUT2D eigenvalue weighted by Crippen LogP contribution is -2.28. The molecule has 1 amide bonds. The largest absolute Gasteiger partial charge is 0.475 e. The second kappa shape index (κ2) is 8.92. The number of aromatic nitrogens is 2. The average Bonchev–Trinajstić information content (AvgIpc) is 2.72. The number of halogens is 1. The first-order chi connectivity index (χ1) is 13.5. The van der Waals surface area contributed by atoms with E-state index in [4.69, 9.17) is 16.3 Å². The van der Waals surface area contributed by atoms with Gasteiger partial charge < -0.3 is 10.1 Å². The maximum atomic E-state index is 12.1. The summed E-state index contributed by atoms with van der Waals surface area (Å²) in [5.41, 5.74) is 1.50. The summed E-state index contributed by atoms with van der Waals surface area (Å²) in [6.07, 6.45) is 0. The van der Waals surface area contributed by atoms with Gasteiger partial charge >= 0.3 is 0 Å². The quantitative estimate of drug-likeness (QED) is 0.370. The molecule has 2 aromatic carbocycles. The van der Waals surface area contributed by atoms with Crippen LogP contribution in [0.15, 0.2) is 60.7 Å². The van der Waals surface area contributed by atoms with E-state index < -0.39 is 10.8 Å². The standard InChI is InChI=1S/C19H15ClN4O4/c20-15-7-6-14(12-17(15)24(26)27)19(25)21-10-11-28-18-9-8-16(22-23-18)13-4-2-1-3-5-13/h1-9,12H,10-11H2,(H,21,25). The number of carbonyl (C=O) groups excluding carboxylic acids is 1. The highest BCUT2D eigenvalue weighted by molar-refractivity contribution is 6.32. The van der Waals surface area contributed by atoms with Crippen molar-refractivity contribution in [2.24, 2.45) is 0 Å². The molecule has 1 N–H and O–H groups in total. The average molecular weight is 399 g/mol. The molecule has 28 heavy (non-hydrogen) atoms. The lowest BCUT2D eigenvalue weighted by atomic mass is 10.1. The summed E-state index contributed by atoms with van der Waals surface area (Å²) in [4.78, 5) is 22.3. The Bertz CT molecular complexity index is 981. The summed E-state index contributed by atoms with van der Waals surface area (Å²) in [5.74, 6) is -0.134. The molecule has 0 radical (unpaired) electrons. The van der Waals surface area contributed by atoms with Crippen LogP contribution < -0.4 is 10.1 Å². The number of rotatable bonds is 7. The van der Waals surface area contributed by atoms with Gasteiger partial charge in [-0.1, -0.05) is 41.9 Å². The second-order valence-electron chi connectivity index (χ2n) is 5.65. The van der Waals surface area contributed by atoms with Gasteiger partial charge in [0.05, 0.1) is 17.2 Å². The van der Waals surface area contributed by atoms with Gasteiger partial charge in [0.2, 0.25) is 5.88 Å². The summed E-state index contributed by atoms with van der Waals surface area (Å²) in [5, 5.41) is 21.6. The van der Waals surface area contributed by atoms with Gasteiger partial charge in [0, 0.05) is 23.3 Å².